The van der Waals surface area contributed by atoms with Crippen LogP contribution < -0.4 is 4.90 Å². The first-order valence-electron chi connectivity index (χ1n) is 9.06. The molecular weight excluding hydrogens is 383 g/mol. The van der Waals surface area contributed by atoms with Crippen molar-refractivity contribution in [3.63, 3.8) is 0 Å². The van der Waals surface area contributed by atoms with E-state index in [1.807, 2.05) is 24.3 Å². The van der Waals surface area contributed by atoms with Crippen molar-refractivity contribution >= 4 is 17.2 Å². The van der Waals surface area contributed by atoms with Crippen LogP contribution in [0.25, 0.3) is 5.57 Å². The molecule has 0 atom stereocenters. The number of carboxylic acids is 1. The average Bonchev–Trinajstić information content (AvgIpc) is 2.71. The minimum Gasteiger partial charge on any atom is -0.478 e. The van der Waals surface area contributed by atoms with E-state index in [-0.39, 0.29) is 0 Å². The Balaban J connectivity index is 1.92. The summed E-state index contributed by atoms with van der Waals surface area (Å²) in [5.41, 5.74) is 2.27. The number of carboxylic acid groups (broad SMARTS) is 1. The molecule has 4 nitrogen and oxygen atoms in total. The maximum atomic E-state index is 12.9. The Bertz CT molecular complexity index is 894. The fraction of sp³-hybridized carbons (Fsp3) is 0.227. The Labute approximate surface area is 166 Å². The van der Waals surface area contributed by atoms with E-state index in [0.29, 0.717) is 24.4 Å². The van der Waals surface area contributed by atoms with E-state index in [2.05, 4.69) is 4.90 Å². The van der Waals surface area contributed by atoms with Crippen LogP contribution in [0.3, 0.4) is 0 Å². The minimum absolute atomic E-state index is 0.562. The number of benzene rings is 2. The molecule has 1 heterocycles. The van der Waals surface area contributed by atoms with E-state index in [1.165, 1.54) is 18.2 Å². The van der Waals surface area contributed by atoms with Crippen molar-refractivity contribution in [3.05, 3.63) is 83.4 Å². The standard InChI is InChI=1S/C22H20F3NO3/c23-22(24,25)18-8-4-16(5-9-18)20(2-1-3-21(27)28)17-6-10-19(11-7-17)26-12-14-29-15-13-26/h1-11H,12-15H2,(H,27,28)/b3-1+,20-2-. The summed E-state index contributed by atoms with van der Waals surface area (Å²) in [5.74, 6) is -1.10. The molecule has 2 aromatic carbocycles. The molecule has 0 unspecified atom stereocenters. The number of allylic oxidation sites excluding steroid dienone is 2. The normalized spacial score (nSPS) is 15.7. The van der Waals surface area contributed by atoms with Gasteiger partial charge >= 0.3 is 12.1 Å². The minimum atomic E-state index is -4.41. The fourth-order valence-electron chi connectivity index (χ4n) is 3.10. The highest BCUT2D eigenvalue weighted by Crippen LogP contribution is 2.32. The summed E-state index contributed by atoms with van der Waals surface area (Å²) in [6.07, 6.45) is -0.483. The zero-order valence-corrected chi connectivity index (χ0v) is 15.5. The van der Waals surface area contributed by atoms with Gasteiger partial charge in [-0.1, -0.05) is 36.4 Å². The third-order valence-electron chi connectivity index (χ3n) is 4.58. The lowest BCUT2D eigenvalue weighted by Crippen LogP contribution is -2.36. The van der Waals surface area contributed by atoms with Crippen molar-refractivity contribution in [2.45, 2.75) is 6.18 Å². The molecule has 0 aliphatic carbocycles. The number of aliphatic carboxylic acids is 1. The smallest absolute Gasteiger partial charge is 0.416 e. The van der Waals surface area contributed by atoms with E-state index in [0.717, 1.165) is 42.5 Å². The van der Waals surface area contributed by atoms with Crippen LogP contribution in [-0.4, -0.2) is 37.4 Å². The lowest BCUT2D eigenvalue weighted by Gasteiger charge is -2.29. The van der Waals surface area contributed by atoms with Gasteiger partial charge in [-0.15, -0.1) is 0 Å². The van der Waals surface area contributed by atoms with E-state index in [1.54, 1.807) is 6.08 Å². The number of hydrogen-bond donors (Lipinski definition) is 1. The van der Waals surface area contributed by atoms with E-state index < -0.39 is 17.7 Å². The summed E-state index contributed by atoms with van der Waals surface area (Å²) in [6, 6.07) is 12.5. The molecule has 152 valence electrons. The number of morpholine rings is 1. The molecule has 7 heteroatoms. The van der Waals surface area contributed by atoms with Crippen molar-refractivity contribution in [2.24, 2.45) is 0 Å². The monoisotopic (exact) mass is 403 g/mol. The molecule has 0 spiro atoms. The summed E-state index contributed by atoms with van der Waals surface area (Å²) in [5, 5.41) is 8.82. The van der Waals surface area contributed by atoms with Gasteiger partial charge < -0.3 is 14.7 Å². The lowest BCUT2D eigenvalue weighted by molar-refractivity contribution is -0.137. The predicted octanol–water partition coefficient (Wildman–Crippen LogP) is 4.61. The zero-order valence-electron chi connectivity index (χ0n) is 15.5. The van der Waals surface area contributed by atoms with Crippen LogP contribution in [0.1, 0.15) is 16.7 Å². The summed E-state index contributed by atoms with van der Waals surface area (Å²) in [6.45, 7) is 2.92. The zero-order chi connectivity index (χ0) is 20.9. The molecule has 1 aliphatic rings. The van der Waals surface area contributed by atoms with Gasteiger partial charge in [0.25, 0.3) is 0 Å². The van der Waals surface area contributed by atoms with Crippen molar-refractivity contribution in [2.75, 3.05) is 31.2 Å². The molecule has 1 saturated heterocycles. The molecule has 1 N–H and O–H groups in total. The van der Waals surface area contributed by atoms with Gasteiger partial charge in [0.1, 0.15) is 0 Å². The number of anilines is 1. The van der Waals surface area contributed by atoms with Gasteiger partial charge in [-0.25, -0.2) is 4.79 Å². The lowest BCUT2D eigenvalue weighted by atomic mass is 9.96. The molecule has 0 radical (unpaired) electrons. The van der Waals surface area contributed by atoms with Crippen molar-refractivity contribution < 1.29 is 27.8 Å². The summed E-state index contributed by atoms with van der Waals surface area (Å²) in [7, 11) is 0. The van der Waals surface area contributed by atoms with Gasteiger partial charge in [-0.3, -0.25) is 0 Å². The number of ether oxygens (including phenoxy) is 1. The predicted molar refractivity (Wildman–Crippen MR) is 105 cm³/mol. The van der Waals surface area contributed by atoms with Crippen molar-refractivity contribution in [1.82, 2.24) is 0 Å². The van der Waals surface area contributed by atoms with Gasteiger partial charge in [0.2, 0.25) is 0 Å². The fourth-order valence-corrected chi connectivity index (χ4v) is 3.10. The largest absolute Gasteiger partial charge is 0.478 e. The highest BCUT2D eigenvalue weighted by molar-refractivity contribution is 5.84. The van der Waals surface area contributed by atoms with Gasteiger partial charge in [-0.05, 0) is 41.0 Å². The average molecular weight is 403 g/mol. The van der Waals surface area contributed by atoms with E-state index in [4.69, 9.17) is 9.84 Å². The second kappa shape index (κ2) is 8.96. The Kier molecular flexibility index (Phi) is 6.39. The summed E-state index contributed by atoms with van der Waals surface area (Å²) < 4.78 is 43.9. The summed E-state index contributed by atoms with van der Waals surface area (Å²) in [4.78, 5) is 13.0. The molecule has 1 fully saturated rings. The molecule has 0 amide bonds. The number of carbonyl (C=O) groups is 1. The third kappa shape index (κ3) is 5.48. The van der Waals surface area contributed by atoms with Gasteiger partial charge in [0, 0.05) is 24.9 Å². The SMILES string of the molecule is O=C(O)/C=C/C=C(\c1ccc(N2CCOCC2)cc1)c1ccc(C(F)(F)F)cc1. The van der Waals surface area contributed by atoms with E-state index >= 15 is 0 Å². The van der Waals surface area contributed by atoms with Gasteiger partial charge in [0.15, 0.2) is 0 Å². The molecule has 2 aromatic rings. The number of rotatable bonds is 5. The molecular formula is C22H20F3NO3. The first-order valence-corrected chi connectivity index (χ1v) is 9.06. The summed E-state index contributed by atoms with van der Waals surface area (Å²) >= 11 is 0. The first kappa shape index (κ1) is 20.7. The van der Waals surface area contributed by atoms with E-state index in [9.17, 15) is 18.0 Å². The van der Waals surface area contributed by atoms with Crippen LogP contribution in [-0.2, 0) is 15.7 Å². The molecule has 0 aromatic heterocycles. The second-order valence-corrected chi connectivity index (χ2v) is 6.50. The molecule has 3 rings (SSSR count). The van der Waals surface area contributed by atoms with Crippen LogP contribution in [0.15, 0.2) is 66.8 Å². The van der Waals surface area contributed by atoms with Gasteiger partial charge in [-0.2, -0.15) is 13.2 Å². The van der Waals surface area contributed by atoms with Crippen LogP contribution in [0.4, 0.5) is 18.9 Å². The maximum absolute atomic E-state index is 12.9. The topological polar surface area (TPSA) is 49.8 Å². The Morgan fingerprint density at radius 1 is 0.966 bits per heavy atom. The Hall–Kier alpha value is -3.06. The maximum Gasteiger partial charge on any atom is 0.416 e. The second-order valence-electron chi connectivity index (χ2n) is 6.50. The molecule has 29 heavy (non-hydrogen) atoms. The molecule has 0 saturated carbocycles. The first-order chi connectivity index (χ1) is 13.8. The molecule has 1 aliphatic heterocycles. The third-order valence-corrected chi connectivity index (χ3v) is 4.58. The Morgan fingerprint density at radius 2 is 1.52 bits per heavy atom. The van der Waals surface area contributed by atoms with Crippen molar-refractivity contribution in [1.29, 1.82) is 0 Å². The molecule has 0 bridgehead atoms. The van der Waals surface area contributed by atoms with Crippen LogP contribution in [0.5, 0.6) is 0 Å². The van der Waals surface area contributed by atoms with Crippen molar-refractivity contribution in [3.8, 4) is 0 Å². The van der Waals surface area contributed by atoms with Gasteiger partial charge in [0.05, 0.1) is 18.8 Å². The van der Waals surface area contributed by atoms with Crippen LogP contribution in [0.2, 0.25) is 0 Å². The van der Waals surface area contributed by atoms with Crippen LogP contribution in [0, 0.1) is 0 Å². The highest BCUT2D eigenvalue weighted by atomic mass is 19.4. The number of nitrogens with zero attached hydrogens (tertiary/aromatic N) is 1. The number of halogens is 3. The quantitative estimate of drug-likeness (QED) is 0.585. The Morgan fingerprint density at radius 3 is 2.03 bits per heavy atom. The highest BCUT2D eigenvalue weighted by Gasteiger charge is 2.30. The number of alkyl halides is 3. The number of hydrogen-bond acceptors (Lipinski definition) is 3. The van der Waals surface area contributed by atoms with Crippen LogP contribution >= 0.6 is 0 Å².